The number of nitrogens with zero attached hydrogens (tertiary/aromatic N) is 1. The molecule has 0 fully saturated rings. The Hall–Kier alpha value is -1.80. The van der Waals surface area contributed by atoms with Crippen LogP contribution in [0.4, 0.5) is 0 Å². The van der Waals surface area contributed by atoms with Crippen LogP contribution in [0.25, 0.3) is 0 Å². The topological polar surface area (TPSA) is 108 Å². The molecule has 0 aliphatic heterocycles. The van der Waals surface area contributed by atoms with Crippen LogP contribution in [0, 0.1) is 0 Å². The van der Waals surface area contributed by atoms with Crippen LogP contribution in [0.2, 0.25) is 0 Å². The molecule has 3 unspecified atom stereocenters. The Kier molecular flexibility index (Phi) is 66.2. The number of hydrogen-bond acceptors (Lipinski definition) is 6. The first-order valence-electron chi connectivity index (χ1n) is 37.7. The number of amides is 1. The lowest BCUT2D eigenvalue weighted by Crippen LogP contribution is -2.45. The molecule has 0 aliphatic carbocycles. The van der Waals surface area contributed by atoms with Crippen LogP contribution in [0.5, 0.6) is 0 Å². The minimum atomic E-state index is -4.62. The fourth-order valence-corrected chi connectivity index (χ4v) is 12.1. The lowest BCUT2D eigenvalue weighted by Gasteiger charge is -2.29. The number of aliphatic hydroxyl groups excluding tert-OH is 1. The van der Waals surface area contributed by atoms with Gasteiger partial charge in [0.2, 0.25) is 5.91 Å². The summed E-state index contributed by atoms with van der Waals surface area (Å²) < 4.78 is 23.5. The third kappa shape index (κ3) is 69.7. The van der Waals surface area contributed by atoms with Crippen molar-refractivity contribution in [3.8, 4) is 0 Å². The highest BCUT2D eigenvalue weighted by atomic mass is 31.2. The normalized spacial score (nSPS) is 13.9. The Morgan fingerprint density at radius 3 is 1.01 bits per heavy atom. The standard InChI is InChI=1S/C77H147N2O6P/c1-6-8-10-12-14-16-18-20-22-24-26-28-30-32-34-36-38-39-41-43-45-47-49-51-53-55-57-59-61-63-65-67-69-71-77(81)78-75(74-85-86(82,83)84-73-72-79(3,4)5)76(80)70-68-66-64-62-60-58-56-54-52-50-48-46-44-42-40-37-35-33-31-29-27-25-23-21-19-17-15-13-11-9-7-2/h18,20,24,26,52,54,60,62,68,70,75-76,80H,6-17,19,21-23,25,27-51,53,55-59,61,63-67,69,71-74H2,1-5H3,(H-,78,81,82,83)/b20-18-,26-24-,54-52+,62-60+,70-68+. The Morgan fingerprint density at radius 2 is 0.686 bits per heavy atom. The number of rotatable bonds is 70. The number of phosphoric acid groups is 1. The fraction of sp³-hybridized carbons (Fsp3) is 0.857. The Morgan fingerprint density at radius 1 is 0.407 bits per heavy atom. The maximum atomic E-state index is 13.1. The number of aliphatic hydroxyl groups is 1. The van der Waals surface area contributed by atoms with E-state index in [2.05, 4.69) is 67.8 Å². The molecular weight excluding hydrogens is 1080 g/mol. The molecule has 0 spiro atoms. The zero-order valence-electron chi connectivity index (χ0n) is 58.0. The number of phosphoric ester groups is 1. The maximum absolute atomic E-state index is 13.1. The Bertz CT molecular complexity index is 1590. The number of nitrogens with one attached hydrogen (secondary N) is 1. The molecule has 0 bridgehead atoms. The minimum absolute atomic E-state index is 0.00871. The molecule has 9 heteroatoms. The second kappa shape index (κ2) is 67.6. The van der Waals surface area contributed by atoms with Crippen LogP contribution < -0.4 is 10.2 Å². The molecule has 0 saturated heterocycles. The molecular formula is C77H147N2O6P. The second-order valence-corrected chi connectivity index (χ2v) is 28.4. The number of carbonyl (C=O) groups excluding carboxylic acids is 1. The summed E-state index contributed by atoms with van der Waals surface area (Å²) in [5, 5.41) is 14.0. The van der Waals surface area contributed by atoms with Crippen molar-refractivity contribution in [3.63, 3.8) is 0 Å². The highest BCUT2D eigenvalue weighted by molar-refractivity contribution is 7.45. The van der Waals surface area contributed by atoms with E-state index in [1.165, 1.54) is 302 Å². The van der Waals surface area contributed by atoms with Crippen molar-refractivity contribution in [1.82, 2.24) is 5.32 Å². The van der Waals surface area contributed by atoms with E-state index in [0.717, 1.165) is 51.4 Å². The molecule has 0 aliphatic rings. The van der Waals surface area contributed by atoms with Gasteiger partial charge in [-0.1, -0.05) is 351 Å². The van der Waals surface area contributed by atoms with Gasteiger partial charge in [0.15, 0.2) is 0 Å². The van der Waals surface area contributed by atoms with Crippen LogP contribution >= 0.6 is 7.82 Å². The van der Waals surface area contributed by atoms with Gasteiger partial charge in [0.25, 0.3) is 7.82 Å². The van der Waals surface area contributed by atoms with Crippen molar-refractivity contribution in [2.45, 2.75) is 386 Å². The third-order valence-electron chi connectivity index (χ3n) is 17.2. The van der Waals surface area contributed by atoms with Gasteiger partial charge in [-0.15, -0.1) is 0 Å². The van der Waals surface area contributed by atoms with Gasteiger partial charge in [-0.25, -0.2) is 0 Å². The first-order chi connectivity index (χ1) is 42.0. The molecule has 1 amide bonds. The average Bonchev–Trinajstić information content (AvgIpc) is 3.70. The van der Waals surface area contributed by atoms with E-state index in [4.69, 9.17) is 9.05 Å². The van der Waals surface area contributed by atoms with Crippen LogP contribution in [0.3, 0.4) is 0 Å². The summed E-state index contributed by atoms with van der Waals surface area (Å²) >= 11 is 0. The van der Waals surface area contributed by atoms with Crippen molar-refractivity contribution in [3.05, 3.63) is 60.8 Å². The largest absolute Gasteiger partial charge is 0.756 e. The highest BCUT2D eigenvalue weighted by Crippen LogP contribution is 2.38. The maximum Gasteiger partial charge on any atom is 0.268 e. The Labute approximate surface area is 536 Å². The van der Waals surface area contributed by atoms with E-state index in [0.29, 0.717) is 17.4 Å². The van der Waals surface area contributed by atoms with Crippen LogP contribution in [-0.4, -0.2) is 68.5 Å². The molecule has 0 aromatic carbocycles. The summed E-state index contributed by atoms with van der Waals surface area (Å²) in [5.41, 5.74) is 0. The highest BCUT2D eigenvalue weighted by Gasteiger charge is 2.23. The minimum Gasteiger partial charge on any atom is -0.756 e. The molecule has 2 N–H and O–H groups in total. The summed E-state index contributed by atoms with van der Waals surface area (Å²) in [6, 6.07) is -0.912. The van der Waals surface area contributed by atoms with Gasteiger partial charge < -0.3 is 28.8 Å². The van der Waals surface area contributed by atoms with Crippen LogP contribution in [0.1, 0.15) is 373 Å². The molecule has 0 heterocycles. The van der Waals surface area contributed by atoms with Gasteiger partial charge in [0, 0.05) is 6.42 Å². The lowest BCUT2D eigenvalue weighted by molar-refractivity contribution is -0.870. The van der Waals surface area contributed by atoms with E-state index in [1.807, 2.05) is 27.2 Å². The summed E-state index contributed by atoms with van der Waals surface area (Å²) in [5.74, 6) is -0.205. The van der Waals surface area contributed by atoms with E-state index < -0.39 is 26.6 Å². The number of likely N-dealkylation sites (N-methyl/N-ethyl adjacent to an activating group) is 1. The number of allylic oxidation sites excluding steroid dienone is 9. The van der Waals surface area contributed by atoms with E-state index in [-0.39, 0.29) is 12.5 Å². The molecule has 0 radical (unpaired) electrons. The number of carbonyl (C=O) groups is 1. The number of unbranched alkanes of at least 4 members (excludes halogenated alkanes) is 49. The predicted molar refractivity (Wildman–Crippen MR) is 376 cm³/mol. The van der Waals surface area contributed by atoms with Crippen LogP contribution in [-0.2, 0) is 18.4 Å². The van der Waals surface area contributed by atoms with Gasteiger partial charge in [-0.2, -0.15) is 0 Å². The third-order valence-corrected chi connectivity index (χ3v) is 18.1. The van der Waals surface area contributed by atoms with E-state index >= 15 is 0 Å². The first kappa shape index (κ1) is 84.2. The quantitative estimate of drug-likeness (QED) is 0.0272. The van der Waals surface area contributed by atoms with Crippen molar-refractivity contribution >= 4 is 13.7 Å². The molecule has 0 aromatic heterocycles. The summed E-state index contributed by atoms with van der Waals surface area (Å²) in [7, 11) is 1.25. The smallest absolute Gasteiger partial charge is 0.268 e. The lowest BCUT2D eigenvalue weighted by atomic mass is 10.0. The molecule has 8 nitrogen and oxygen atoms in total. The number of quaternary nitrogens is 1. The molecule has 0 saturated carbocycles. The average molecular weight is 1230 g/mol. The molecule has 506 valence electrons. The molecule has 0 rings (SSSR count). The predicted octanol–water partition coefficient (Wildman–Crippen LogP) is 23.7. The fourth-order valence-electron chi connectivity index (χ4n) is 11.3. The van der Waals surface area contributed by atoms with Crippen LogP contribution in [0.15, 0.2) is 60.8 Å². The summed E-state index contributed by atoms with van der Waals surface area (Å²) in [4.78, 5) is 25.7. The van der Waals surface area contributed by atoms with E-state index in [1.54, 1.807) is 6.08 Å². The van der Waals surface area contributed by atoms with E-state index in [9.17, 15) is 19.4 Å². The van der Waals surface area contributed by atoms with Gasteiger partial charge in [-0.05, 0) is 77.0 Å². The monoisotopic (exact) mass is 1230 g/mol. The zero-order chi connectivity index (χ0) is 62.6. The Balaban J connectivity index is 4.06. The zero-order valence-corrected chi connectivity index (χ0v) is 58.9. The molecule has 0 aromatic rings. The first-order valence-corrected chi connectivity index (χ1v) is 39.1. The van der Waals surface area contributed by atoms with Crippen molar-refractivity contribution in [1.29, 1.82) is 0 Å². The van der Waals surface area contributed by atoms with Gasteiger partial charge in [0.05, 0.1) is 39.9 Å². The molecule has 86 heavy (non-hydrogen) atoms. The van der Waals surface area contributed by atoms with Gasteiger partial charge in [-0.3, -0.25) is 9.36 Å². The number of hydrogen-bond donors (Lipinski definition) is 2. The van der Waals surface area contributed by atoms with Crippen molar-refractivity contribution < 1.29 is 32.9 Å². The SMILES string of the molecule is CCCCCCC/C=C\C/C=C\CCCCCCCCCCCCCCCCCCCCCCCC(=O)NC(COP(=O)([O-])OCC[N+](C)(C)C)C(O)/C=C/CC/C=C/CC/C=C/CCCCCCCCCCCCCCCCCCCCCCC. The summed E-state index contributed by atoms with van der Waals surface area (Å²) in [6.45, 7) is 4.66. The van der Waals surface area contributed by atoms with Crippen molar-refractivity contribution in [2.75, 3.05) is 40.9 Å². The van der Waals surface area contributed by atoms with Gasteiger partial charge >= 0.3 is 0 Å². The van der Waals surface area contributed by atoms with Gasteiger partial charge in [0.1, 0.15) is 13.2 Å². The molecule has 3 atom stereocenters. The second-order valence-electron chi connectivity index (χ2n) is 27.0. The summed E-state index contributed by atoms with van der Waals surface area (Å²) in [6.07, 6.45) is 93.8. The van der Waals surface area contributed by atoms with Crippen molar-refractivity contribution in [2.24, 2.45) is 0 Å².